The quantitative estimate of drug-likeness (QED) is 0.632. The highest BCUT2D eigenvalue weighted by Gasteiger charge is 2.17. The summed E-state index contributed by atoms with van der Waals surface area (Å²) in [5.41, 5.74) is 2.07. The third-order valence-corrected chi connectivity index (χ3v) is 3.63. The van der Waals surface area contributed by atoms with Crippen molar-refractivity contribution in [3.8, 4) is 11.4 Å². The zero-order valence-electron chi connectivity index (χ0n) is 14.3. The van der Waals surface area contributed by atoms with Gasteiger partial charge in [0.2, 0.25) is 11.7 Å². The van der Waals surface area contributed by atoms with Crippen LogP contribution in [0.15, 0.2) is 28.8 Å². The second-order valence-electron chi connectivity index (χ2n) is 5.63. The largest absolute Gasteiger partial charge is 0.481 e. The molecule has 0 saturated heterocycles. The fraction of sp³-hybridized carbons (Fsp3) is 0.412. The van der Waals surface area contributed by atoms with E-state index in [1.807, 2.05) is 24.3 Å². The SMILES string of the molecule is CCc1ccc(-c2noc(C(C)NC(=O)NCCCC(=O)O)n2)cc1. The van der Waals surface area contributed by atoms with Crippen molar-refractivity contribution in [2.75, 3.05) is 6.54 Å². The fourth-order valence-electron chi connectivity index (χ4n) is 2.17. The summed E-state index contributed by atoms with van der Waals surface area (Å²) in [4.78, 5) is 26.5. The minimum absolute atomic E-state index is 0.0136. The molecule has 0 aliphatic carbocycles. The van der Waals surface area contributed by atoms with Gasteiger partial charge in [0.1, 0.15) is 6.04 Å². The van der Waals surface area contributed by atoms with Gasteiger partial charge < -0.3 is 20.3 Å². The summed E-state index contributed by atoms with van der Waals surface area (Å²) in [6, 6.07) is 7.01. The number of amides is 2. The molecule has 3 N–H and O–H groups in total. The van der Waals surface area contributed by atoms with Gasteiger partial charge >= 0.3 is 12.0 Å². The van der Waals surface area contributed by atoms with Gasteiger partial charge in [0.15, 0.2) is 0 Å². The zero-order valence-corrected chi connectivity index (χ0v) is 14.3. The maximum Gasteiger partial charge on any atom is 0.315 e. The van der Waals surface area contributed by atoms with Crippen LogP contribution in [0.2, 0.25) is 0 Å². The number of carboxylic acids is 1. The number of carbonyl (C=O) groups is 2. The summed E-state index contributed by atoms with van der Waals surface area (Å²) in [5.74, 6) is -0.121. The highest BCUT2D eigenvalue weighted by Crippen LogP contribution is 2.19. The average Bonchev–Trinajstić information content (AvgIpc) is 3.09. The summed E-state index contributed by atoms with van der Waals surface area (Å²) in [7, 11) is 0. The predicted octanol–water partition coefficient (Wildman–Crippen LogP) is 2.52. The molecule has 2 rings (SSSR count). The molecule has 1 atom stereocenters. The molecule has 0 aliphatic heterocycles. The molecule has 134 valence electrons. The Balaban J connectivity index is 1.87. The summed E-state index contributed by atoms with van der Waals surface area (Å²) in [6.45, 7) is 4.10. The van der Waals surface area contributed by atoms with E-state index in [1.165, 1.54) is 5.56 Å². The number of carbonyl (C=O) groups excluding carboxylic acids is 1. The fourth-order valence-corrected chi connectivity index (χ4v) is 2.17. The van der Waals surface area contributed by atoms with Crippen LogP contribution < -0.4 is 10.6 Å². The van der Waals surface area contributed by atoms with Crippen molar-refractivity contribution < 1.29 is 19.2 Å². The van der Waals surface area contributed by atoms with Crippen LogP contribution in [0, 0.1) is 0 Å². The lowest BCUT2D eigenvalue weighted by Gasteiger charge is -2.10. The molecule has 0 aliphatic rings. The molecule has 2 aromatic rings. The molecule has 25 heavy (non-hydrogen) atoms. The van der Waals surface area contributed by atoms with E-state index in [0.29, 0.717) is 18.1 Å². The second-order valence-corrected chi connectivity index (χ2v) is 5.63. The van der Waals surface area contributed by atoms with Crippen LogP contribution in [0.25, 0.3) is 11.4 Å². The Kier molecular flexibility index (Phi) is 6.50. The number of nitrogens with one attached hydrogen (secondary N) is 2. The Morgan fingerprint density at radius 1 is 1.28 bits per heavy atom. The molecule has 0 radical (unpaired) electrons. The average molecular weight is 346 g/mol. The summed E-state index contributed by atoms with van der Waals surface area (Å²) in [5, 5.41) is 17.7. The van der Waals surface area contributed by atoms with Crippen molar-refractivity contribution in [2.24, 2.45) is 0 Å². The van der Waals surface area contributed by atoms with Crippen LogP contribution >= 0.6 is 0 Å². The highest BCUT2D eigenvalue weighted by molar-refractivity contribution is 5.74. The Morgan fingerprint density at radius 2 is 2.00 bits per heavy atom. The van der Waals surface area contributed by atoms with Crippen LogP contribution in [0.5, 0.6) is 0 Å². The van der Waals surface area contributed by atoms with E-state index in [0.717, 1.165) is 12.0 Å². The number of aliphatic carboxylic acids is 1. The first kappa shape index (κ1) is 18.4. The number of urea groups is 1. The lowest BCUT2D eigenvalue weighted by molar-refractivity contribution is -0.137. The first-order chi connectivity index (χ1) is 12.0. The minimum Gasteiger partial charge on any atom is -0.481 e. The summed E-state index contributed by atoms with van der Waals surface area (Å²) in [6.07, 6.45) is 1.34. The van der Waals surface area contributed by atoms with Gasteiger partial charge in [0.25, 0.3) is 0 Å². The van der Waals surface area contributed by atoms with Gasteiger partial charge in [0, 0.05) is 18.5 Å². The Labute approximate surface area is 145 Å². The van der Waals surface area contributed by atoms with Crippen molar-refractivity contribution >= 4 is 12.0 Å². The summed E-state index contributed by atoms with van der Waals surface area (Å²) < 4.78 is 5.21. The van der Waals surface area contributed by atoms with E-state index < -0.39 is 18.0 Å². The number of aryl methyl sites for hydroxylation is 1. The molecule has 0 fully saturated rings. The zero-order chi connectivity index (χ0) is 18.2. The molecule has 0 spiro atoms. The highest BCUT2D eigenvalue weighted by atomic mass is 16.5. The first-order valence-corrected chi connectivity index (χ1v) is 8.18. The number of hydrogen-bond donors (Lipinski definition) is 3. The maximum absolute atomic E-state index is 11.8. The molecule has 1 aromatic carbocycles. The van der Waals surface area contributed by atoms with E-state index in [9.17, 15) is 9.59 Å². The van der Waals surface area contributed by atoms with E-state index in [4.69, 9.17) is 9.63 Å². The molecule has 8 nitrogen and oxygen atoms in total. The van der Waals surface area contributed by atoms with Gasteiger partial charge in [-0.3, -0.25) is 4.79 Å². The lowest BCUT2D eigenvalue weighted by Crippen LogP contribution is -2.37. The molecule has 1 aromatic heterocycles. The van der Waals surface area contributed by atoms with E-state index in [1.54, 1.807) is 6.92 Å². The molecule has 2 amide bonds. The molecular formula is C17H22N4O4. The van der Waals surface area contributed by atoms with Crippen LogP contribution in [-0.4, -0.2) is 33.8 Å². The van der Waals surface area contributed by atoms with Crippen molar-refractivity contribution in [2.45, 2.75) is 39.2 Å². The Morgan fingerprint density at radius 3 is 2.64 bits per heavy atom. The van der Waals surface area contributed by atoms with Crippen LogP contribution in [-0.2, 0) is 11.2 Å². The molecule has 0 saturated carbocycles. The van der Waals surface area contributed by atoms with Crippen molar-refractivity contribution in [1.29, 1.82) is 0 Å². The van der Waals surface area contributed by atoms with E-state index in [-0.39, 0.29) is 13.0 Å². The molecule has 1 unspecified atom stereocenters. The van der Waals surface area contributed by atoms with Crippen molar-refractivity contribution in [3.05, 3.63) is 35.7 Å². The van der Waals surface area contributed by atoms with Crippen LogP contribution in [0.4, 0.5) is 4.79 Å². The number of carboxylic acid groups (broad SMARTS) is 1. The van der Waals surface area contributed by atoms with E-state index in [2.05, 4.69) is 27.7 Å². The number of hydrogen-bond acceptors (Lipinski definition) is 5. The smallest absolute Gasteiger partial charge is 0.315 e. The van der Waals surface area contributed by atoms with Gasteiger partial charge in [-0.1, -0.05) is 36.3 Å². The number of rotatable bonds is 8. The van der Waals surface area contributed by atoms with Gasteiger partial charge in [-0.2, -0.15) is 4.98 Å². The normalized spacial score (nSPS) is 11.8. The molecule has 1 heterocycles. The lowest BCUT2D eigenvalue weighted by atomic mass is 10.1. The van der Waals surface area contributed by atoms with Gasteiger partial charge in [-0.25, -0.2) is 4.79 Å². The standard InChI is InChI=1S/C17H22N4O4/c1-3-12-6-8-13(9-7-12)15-20-16(25-21-15)11(2)19-17(24)18-10-4-5-14(22)23/h6-9,11H,3-5,10H2,1-2H3,(H,22,23)(H2,18,19,24). The van der Waals surface area contributed by atoms with Gasteiger partial charge in [0.05, 0.1) is 0 Å². The van der Waals surface area contributed by atoms with Crippen LogP contribution in [0.3, 0.4) is 0 Å². The Hall–Kier alpha value is -2.90. The maximum atomic E-state index is 11.8. The molecule has 0 bridgehead atoms. The van der Waals surface area contributed by atoms with Crippen molar-refractivity contribution in [3.63, 3.8) is 0 Å². The Bertz CT molecular complexity index is 712. The summed E-state index contributed by atoms with van der Waals surface area (Å²) >= 11 is 0. The van der Waals surface area contributed by atoms with Gasteiger partial charge in [-0.15, -0.1) is 0 Å². The topological polar surface area (TPSA) is 117 Å². The first-order valence-electron chi connectivity index (χ1n) is 8.18. The minimum atomic E-state index is -0.888. The number of nitrogens with zero attached hydrogens (tertiary/aromatic N) is 2. The molecular weight excluding hydrogens is 324 g/mol. The predicted molar refractivity (Wildman–Crippen MR) is 90.9 cm³/mol. The van der Waals surface area contributed by atoms with Crippen molar-refractivity contribution in [1.82, 2.24) is 20.8 Å². The third-order valence-electron chi connectivity index (χ3n) is 3.63. The van der Waals surface area contributed by atoms with Crippen LogP contribution in [0.1, 0.15) is 44.2 Å². The third kappa shape index (κ3) is 5.59. The number of aromatic nitrogens is 2. The van der Waals surface area contributed by atoms with Gasteiger partial charge in [-0.05, 0) is 25.3 Å². The number of benzene rings is 1. The van der Waals surface area contributed by atoms with E-state index >= 15 is 0 Å². The second kappa shape index (κ2) is 8.81. The monoisotopic (exact) mass is 346 g/mol. The molecule has 8 heteroatoms.